The van der Waals surface area contributed by atoms with Crippen LogP contribution in [0, 0.1) is 18.7 Å². The van der Waals surface area contributed by atoms with Gasteiger partial charge in [-0.15, -0.1) is 0 Å². The molecule has 1 fully saturated rings. The molecule has 0 atom stereocenters. The van der Waals surface area contributed by atoms with Crippen molar-refractivity contribution in [3.63, 3.8) is 0 Å². The van der Waals surface area contributed by atoms with E-state index in [1.165, 1.54) is 17.2 Å². The van der Waals surface area contributed by atoms with Crippen LogP contribution in [0.15, 0.2) is 42.5 Å². The number of carbonyl (C=O) groups is 1. The quantitative estimate of drug-likeness (QED) is 0.590. The predicted octanol–water partition coefficient (Wildman–Crippen LogP) is 5.05. The summed E-state index contributed by atoms with van der Waals surface area (Å²) in [5, 5.41) is 3.54. The Kier molecular flexibility index (Phi) is 8.40. The molecule has 1 aliphatic heterocycles. The molecule has 1 amide bonds. The number of likely N-dealkylation sites (tertiary alicyclic amines) is 1. The van der Waals surface area contributed by atoms with Gasteiger partial charge < -0.3 is 5.32 Å². The van der Waals surface area contributed by atoms with E-state index in [1.54, 1.807) is 12.1 Å². The minimum atomic E-state index is -0.263. The minimum Gasteiger partial charge on any atom is -0.355 e. The predicted molar refractivity (Wildman–Crippen MR) is 120 cm³/mol. The Bertz CT molecular complexity index is 787. The van der Waals surface area contributed by atoms with E-state index in [2.05, 4.69) is 41.4 Å². The Labute approximate surface area is 182 Å². The fourth-order valence-corrected chi connectivity index (χ4v) is 4.57. The molecular weight excluding hydrogens is 407 g/mol. The summed E-state index contributed by atoms with van der Waals surface area (Å²) in [5.74, 6) is 1.80. The van der Waals surface area contributed by atoms with Crippen molar-refractivity contribution in [3.05, 3.63) is 70.0 Å². The van der Waals surface area contributed by atoms with Gasteiger partial charge in [0.15, 0.2) is 0 Å². The highest BCUT2D eigenvalue weighted by Gasteiger charge is 2.25. The van der Waals surface area contributed by atoms with Gasteiger partial charge >= 0.3 is 0 Å². The molecule has 0 unspecified atom stereocenters. The van der Waals surface area contributed by atoms with Gasteiger partial charge in [0.2, 0.25) is 5.91 Å². The number of thioether (sulfide) groups is 1. The van der Waals surface area contributed by atoms with E-state index in [-0.39, 0.29) is 17.6 Å². The third-order valence-electron chi connectivity index (χ3n) is 5.34. The van der Waals surface area contributed by atoms with Crippen LogP contribution in [0.25, 0.3) is 0 Å². The maximum absolute atomic E-state index is 14.0. The van der Waals surface area contributed by atoms with Crippen molar-refractivity contribution in [1.29, 1.82) is 0 Å². The van der Waals surface area contributed by atoms with Crippen LogP contribution >= 0.6 is 23.4 Å². The van der Waals surface area contributed by atoms with Crippen LogP contribution in [0.2, 0.25) is 5.02 Å². The summed E-state index contributed by atoms with van der Waals surface area (Å²) >= 11 is 7.96. The van der Waals surface area contributed by atoms with E-state index in [9.17, 15) is 9.18 Å². The Hall–Kier alpha value is -1.56. The molecule has 0 radical (unpaired) electrons. The van der Waals surface area contributed by atoms with E-state index in [4.69, 9.17) is 11.6 Å². The largest absolute Gasteiger partial charge is 0.355 e. The fourth-order valence-electron chi connectivity index (χ4n) is 3.53. The van der Waals surface area contributed by atoms with E-state index >= 15 is 0 Å². The van der Waals surface area contributed by atoms with E-state index in [0.29, 0.717) is 23.7 Å². The SMILES string of the molecule is Cc1ccc(CSCCNC(=O)C2CCN(Cc3c(F)cccc3Cl)CC2)cc1. The summed E-state index contributed by atoms with van der Waals surface area (Å²) in [4.78, 5) is 14.6. The van der Waals surface area contributed by atoms with Gasteiger partial charge in [-0.25, -0.2) is 4.39 Å². The van der Waals surface area contributed by atoms with Crippen LogP contribution in [0.4, 0.5) is 4.39 Å². The zero-order valence-corrected chi connectivity index (χ0v) is 18.4. The Morgan fingerprint density at radius 1 is 1.21 bits per heavy atom. The van der Waals surface area contributed by atoms with Crippen LogP contribution in [0.1, 0.15) is 29.5 Å². The molecule has 1 saturated heterocycles. The first-order valence-electron chi connectivity index (χ1n) is 10.1. The van der Waals surface area contributed by atoms with Crippen LogP contribution in [-0.4, -0.2) is 36.2 Å². The number of hydrogen-bond donors (Lipinski definition) is 1. The number of aryl methyl sites for hydroxylation is 1. The fraction of sp³-hybridized carbons (Fsp3) is 0.435. The molecule has 2 aromatic carbocycles. The van der Waals surface area contributed by atoms with E-state index < -0.39 is 0 Å². The zero-order valence-electron chi connectivity index (χ0n) is 16.8. The molecule has 3 rings (SSSR count). The lowest BCUT2D eigenvalue weighted by Crippen LogP contribution is -2.40. The highest BCUT2D eigenvalue weighted by Crippen LogP contribution is 2.24. The number of nitrogens with zero attached hydrogens (tertiary/aromatic N) is 1. The van der Waals surface area contributed by atoms with Gasteiger partial charge in [-0.2, -0.15) is 11.8 Å². The van der Waals surface area contributed by atoms with Gasteiger partial charge in [-0.1, -0.05) is 47.5 Å². The molecule has 6 heteroatoms. The van der Waals surface area contributed by atoms with Crippen molar-refractivity contribution in [2.75, 3.05) is 25.4 Å². The first kappa shape index (κ1) is 22.1. The zero-order chi connectivity index (χ0) is 20.6. The number of hydrogen-bond acceptors (Lipinski definition) is 3. The average molecular weight is 435 g/mol. The minimum absolute atomic E-state index is 0.0458. The molecule has 0 saturated carbocycles. The van der Waals surface area contributed by atoms with Crippen LogP contribution in [-0.2, 0) is 17.1 Å². The summed E-state index contributed by atoms with van der Waals surface area (Å²) < 4.78 is 14.0. The smallest absolute Gasteiger partial charge is 0.223 e. The highest BCUT2D eigenvalue weighted by atomic mass is 35.5. The topological polar surface area (TPSA) is 32.3 Å². The normalized spacial score (nSPS) is 15.4. The third kappa shape index (κ3) is 6.73. The monoisotopic (exact) mass is 434 g/mol. The number of piperidine rings is 1. The molecule has 2 aromatic rings. The number of benzene rings is 2. The lowest BCUT2D eigenvalue weighted by atomic mass is 9.95. The molecule has 0 aliphatic carbocycles. The molecular formula is C23H28ClFN2OS. The summed E-state index contributed by atoms with van der Waals surface area (Å²) in [6, 6.07) is 13.4. The Morgan fingerprint density at radius 3 is 2.62 bits per heavy atom. The van der Waals surface area contributed by atoms with Gasteiger partial charge in [0, 0.05) is 41.1 Å². The van der Waals surface area contributed by atoms with Gasteiger partial charge in [0.25, 0.3) is 0 Å². The van der Waals surface area contributed by atoms with Gasteiger partial charge in [0.05, 0.1) is 0 Å². The first-order valence-corrected chi connectivity index (χ1v) is 11.6. The lowest BCUT2D eigenvalue weighted by Gasteiger charge is -2.31. The number of rotatable bonds is 8. The third-order valence-corrected chi connectivity index (χ3v) is 6.72. The summed E-state index contributed by atoms with van der Waals surface area (Å²) in [7, 11) is 0. The molecule has 0 spiro atoms. The van der Waals surface area contributed by atoms with E-state index in [1.807, 2.05) is 11.8 Å². The van der Waals surface area contributed by atoms with Crippen molar-refractivity contribution in [3.8, 4) is 0 Å². The first-order chi connectivity index (χ1) is 14.0. The summed E-state index contributed by atoms with van der Waals surface area (Å²) in [5.41, 5.74) is 3.13. The number of nitrogens with one attached hydrogen (secondary N) is 1. The molecule has 1 heterocycles. The number of carbonyl (C=O) groups excluding carboxylic acids is 1. The van der Waals surface area contributed by atoms with Gasteiger partial charge in [-0.3, -0.25) is 9.69 Å². The van der Waals surface area contributed by atoms with E-state index in [0.717, 1.165) is 37.4 Å². The molecule has 1 N–H and O–H groups in total. The summed E-state index contributed by atoms with van der Waals surface area (Å²) in [6.45, 7) is 4.85. The molecule has 3 nitrogen and oxygen atoms in total. The van der Waals surface area contributed by atoms with Crippen molar-refractivity contribution < 1.29 is 9.18 Å². The van der Waals surface area contributed by atoms with Gasteiger partial charge in [-0.05, 0) is 50.6 Å². The van der Waals surface area contributed by atoms with Crippen molar-refractivity contribution in [2.45, 2.75) is 32.1 Å². The second-order valence-corrected chi connectivity index (χ2v) is 9.09. The number of amides is 1. The van der Waals surface area contributed by atoms with Crippen molar-refractivity contribution >= 4 is 29.3 Å². The second-order valence-electron chi connectivity index (χ2n) is 7.58. The molecule has 0 aromatic heterocycles. The highest BCUT2D eigenvalue weighted by molar-refractivity contribution is 7.98. The number of halogens is 2. The molecule has 1 aliphatic rings. The van der Waals surface area contributed by atoms with Crippen molar-refractivity contribution in [1.82, 2.24) is 10.2 Å². The Morgan fingerprint density at radius 2 is 1.93 bits per heavy atom. The summed E-state index contributed by atoms with van der Waals surface area (Å²) in [6.07, 6.45) is 1.60. The standard InChI is InChI=1S/C23H28ClFN2OS/c1-17-5-7-18(8-6-17)16-29-14-11-26-23(28)19-9-12-27(13-10-19)15-20-21(24)3-2-4-22(20)25/h2-8,19H,9-16H2,1H3,(H,26,28). The molecule has 0 bridgehead atoms. The second kappa shape index (κ2) is 11.0. The lowest BCUT2D eigenvalue weighted by molar-refractivity contribution is -0.126. The average Bonchev–Trinajstić information content (AvgIpc) is 2.72. The van der Waals surface area contributed by atoms with Crippen LogP contribution in [0.5, 0.6) is 0 Å². The van der Waals surface area contributed by atoms with Gasteiger partial charge in [0.1, 0.15) is 5.82 Å². The van der Waals surface area contributed by atoms with Crippen molar-refractivity contribution in [2.24, 2.45) is 5.92 Å². The maximum atomic E-state index is 14.0. The molecule has 156 valence electrons. The maximum Gasteiger partial charge on any atom is 0.223 e. The Balaban J connectivity index is 1.33. The van der Waals surface area contributed by atoms with Crippen LogP contribution in [0.3, 0.4) is 0 Å². The van der Waals surface area contributed by atoms with Crippen LogP contribution < -0.4 is 5.32 Å². The molecule has 29 heavy (non-hydrogen) atoms.